The minimum atomic E-state index is 0.298. The lowest BCUT2D eigenvalue weighted by atomic mass is 10.1. The lowest BCUT2D eigenvalue weighted by molar-refractivity contribution is 0.368. The van der Waals surface area contributed by atoms with E-state index in [0.29, 0.717) is 6.61 Å². The van der Waals surface area contributed by atoms with Crippen molar-refractivity contribution in [3.05, 3.63) is 36.2 Å². The Kier molecular flexibility index (Phi) is 2.76. The van der Waals surface area contributed by atoms with Crippen LogP contribution in [0.2, 0.25) is 0 Å². The number of hydrogen-bond donors (Lipinski definition) is 0. The Morgan fingerprint density at radius 2 is 2.33 bits per heavy atom. The monoisotopic (exact) mass is 159 g/mol. The summed E-state index contributed by atoms with van der Waals surface area (Å²) in [5, 5.41) is 0. The summed E-state index contributed by atoms with van der Waals surface area (Å²) in [4.78, 5) is 0. The summed E-state index contributed by atoms with van der Waals surface area (Å²) in [6.45, 7) is 6.12. The van der Waals surface area contributed by atoms with E-state index in [9.17, 15) is 0 Å². The van der Waals surface area contributed by atoms with E-state index in [-0.39, 0.29) is 0 Å². The van der Waals surface area contributed by atoms with Crippen molar-refractivity contribution in [1.29, 1.82) is 0 Å². The standard InChI is InChI=1S/C11H11O/c1-4-7-12-11-8-9(2)5-6-10(11)3/h1,5-6,8H,3,7H2,2H3. The second kappa shape index (κ2) is 3.82. The van der Waals surface area contributed by atoms with Crippen LogP contribution < -0.4 is 4.74 Å². The summed E-state index contributed by atoms with van der Waals surface area (Å²) in [6, 6.07) is 5.84. The molecule has 0 amide bonds. The highest BCUT2D eigenvalue weighted by molar-refractivity contribution is 5.39. The van der Waals surface area contributed by atoms with Crippen molar-refractivity contribution in [2.75, 3.05) is 6.61 Å². The molecule has 0 bridgehead atoms. The van der Waals surface area contributed by atoms with Crippen LogP contribution in [0.25, 0.3) is 0 Å². The van der Waals surface area contributed by atoms with Crippen LogP contribution in [0.5, 0.6) is 5.75 Å². The van der Waals surface area contributed by atoms with E-state index >= 15 is 0 Å². The predicted molar refractivity (Wildman–Crippen MR) is 50.0 cm³/mol. The molecule has 0 heterocycles. The molecule has 1 aromatic carbocycles. The van der Waals surface area contributed by atoms with Crippen molar-refractivity contribution < 1.29 is 4.74 Å². The molecule has 0 saturated heterocycles. The largest absolute Gasteiger partial charge is 0.481 e. The van der Waals surface area contributed by atoms with E-state index in [1.807, 2.05) is 25.1 Å². The van der Waals surface area contributed by atoms with Crippen molar-refractivity contribution in [3.8, 4) is 18.1 Å². The fraction of sp³-hybridized carbons (Fsp3) is 0.182. The van der Waals surface area contributed by atoms with Crippen molar-refractivity contribution in [3.63, 3.8) is 0 Å². The molecular weight excluding hydrogens is 148 g/mol. The molecule has 0 saturated carbocycles. The SMILES string of the molecule is C#CCOc1cc(C)ccc1[CH2]. The maximum Gasteiger partial charge on any atom is 0.148 e. The normalized spacial score (nSPS) is 9.08. The predicted octanol–water partition coefficient (Wildman–Crippen LogP) is 2.19. The van der Waals surface area contributed by atoms with Crippen LogP contribution in [-0.4, -0.2) is 6.61 Å². The zero-order valence-electron chi connectivity index (χ0n) is 7.13. The van der Waals surface area contributed by atoms with Crippen LogP contribution in [0.15, 0.2) is 18.2 Å². The van der Waals surface area contributed by atoms with Gasteiger partial charge in [0, 0.05) is 0 Å². The molecule has 0 spiro atoms. The zero-order valence-corrected chi connectivity index (χ0v) is 7.13. The number of benzene rings is 1. The Morgan fingerprint density at radius 3 is 3.00 bits per heavy atom. The molecule has 61 valence electrons. The maximum absolute atomic E-state index is 5.27. The van der Waals surface area contributed by atoms with Gasteiger partial charge in [-0.15, -0.1) is 6.42 Å². The van der Waals surface area contributed by atoms with Gasteiger partial charge in [-0.2, -0.15) is 0 Å². The summed E-state index contributed by atoms with van der Waals surface area (Å²) in [5.74, 6) is 3.18. The summed E-state index contributed by atoms with van der Waals surface area (Å²) < 4.78 is 5.27. The average Bonchev–Trinajstić information content (AvgIpc) is 2.07. The van der Waals surface area contributed by atoms with Gasteiger partial charge in [-0.3, -0.25) is 0 Å². The van der Waals surface area contributed by atoms with E-state index in [4.69, 9.17) is 11.2 Å². The minimum Gasteiger partial charge on any atom is -0.481 e. The lowest BCUT2D eigenvalue weighted by Gasteiger charge is -2.06. The Labute approximate surface area is 73.4 Å². The first-order valence-electron chi connectivity index (χ1n) is 3.73. The van der Waals surface area contributed by atoms with E-state index in [0.717, 1.165) is 16.9 Å². The first kappa shape index (κ1) is 8.67. The molecule has 0 aliphatic carbocycles. The molecule has 1 aromatic rings. The minimum absolute atomic E-state index is 0.298. The first-order valence-corrected chi connectivity index (χ1v) is 3.73. The van der Waals surface area contributed by atoms with Crippen LogP contribution in [0.1, 0.15) is 11.1 Å². The van der Waals surface area contributed by atoms with Crippen LogP contribution in [0.3, 0.4) is 0 Å². The third-order valence-electron chi connectivity index (χ3n) is 1.53. The Bertz CT molecular complexity index is 307. The van der Waals surface area contributed by atoms with Crippen molar-refractivity contribution in [2.45, 2.75) is 6.92 Å². The molecule has 0 fully saturated rings. The van der Waals surface area contributed by atoms with E-state index in [2.05, 4.69) is 12.8 Å². The summed E-state index contributed by atoms with van der Waals surface area (Å²) in [7, 11) is 0. The van der Waals surface area contributed by atoms with E-state index in [1.54, 1.807) is 0 Å². The highest BCUT2D eigenvalue weighted by atomic mass is 16.5. The molecule has 0 atom stereocenters. The highest BCUT2D eigenvalue weighted by Gasteiger charge is 1.97. The number of hydrogen-bond acceptors (Lipinski definition) is 1. The van der Waals surface area contributed by atoms with Gasteiger partial charge in [0.05, 0.1) is 0 Å². The van der Waals surface area contributed by atoms with Crippen LogP contribution in [0.4, 0.5) is 0 Å². The Balaban J connectivity index is 2.84. The Hall–Kier alpha value is -1.42. The van der Waals surface area contributed by atoms with Gasteiger partial charge in [0.15, 0.2) is 0 Å². The smallest absolute Gasteiger partial charge is 0.148 e. The van der Waals surface area contributed by atoms with Gasteiger partial charge in [-0.25, -0.2) is 0 Å². The van der Waals surface area contributed by atoms with Crippen LogP contribution in [-0.2, 0) is 0 Å². The molecule has 0 aromatic heterocycles. The third-order valence-corrected chi connectivity index (χ3v) is 1.53. The fourth-order valence-corrected chi connectivity index (χ4v) is 0.916. The van der Waals surface area contributed by atoms with Crippen LogP contribution >= 0.6 is 0 Å². The topological polar surface area (TPSA) is 9.23 Å². The Morgan fingerprint density at radius 1 is 1.58 bits per heavy atom. The van der Waals surface area contributed by atoms with Gasteiger partial charge >= 0.3 is 0 Å². The van der Waals surface area contributed by atoms with Gasteiger partial charge < -0.3 is 4.74 Å². The van der Waals surface area contributed by atoms with Crippen molar-refractivity contribution in [1.82, 2.24) is 0 Å². The number of aryl methyl sites for hydroxylation is 1. The summed E-state index contributed by atoms with van der Waals surface area (Å²) in [5.41, 5.74) is 2.02. The van der Waals surface area contributed by atoms with Gasteiger partial charge in [0.2, 0.25) is 0 Å². The highest BCUT2D eigenvalue weighted by Crippen LogP contribution is 2.18. The van der Waals surface area contributed by atoms with E-state index < -0.39 is 0 Å². The van der Waals surface area contributed by atoms with Gasteiger partial charge in [-0.1, -0.05) is 18.1 Å². The zero-order chi connectivity index (χ0) is 8.97. The second-order valence-corrected chi connectivity index (χ2v) is 2.60. The molecule has 0 aliphatic rings. The van der Waals surface area contributed by atoms with Gasteiger partial charge in [-0.05, 0) is 31.0 Å². The third kappa shape index (κ3) is 2.03. The molecule has 0 unspecified atom stereocenters. The summed E-state index contributed by atoms with van der Waals surface area (Å²) >= 11 is 0. The first-order chi connectivity index (χ1) is 5.74. The summed E-state index contributed by atoms with van der Waals surface area (Å²) in [6.07, 6.45) is 5.07. The molecule has 1 heteroatoms. The van der Waals surface area contributed by atoms with Gasteiger partial charge in [0.25, 0.3) is 0 Å². The van der Waals surface area contributed by atoms with Crippen LogP contribution in [0, 0.1) is 26.2 Å². The molecule has 1 radical (unpaired) electrons. The quantitative estimate of drug-likeness (QED) is 0.601. The molecule has 1 nitrogen and oxygen atoms in total. The number of terminal acetylenes is 1. The maximum atomic E-state index is 5.27. The fourth-order valence-electron chi connectivity index (χ4n) is 0.916. The number of ether oxygens (including phenoxy) is 1. The average molecular weight is 159 g/mol. The van der Waals surface area contributed by atoms with Crippen molar-refractivity contribution in [2.24, 2.45) is 0 Å². The molecular formula is C11H11O. The molecule has 1 rings (SSSR count). The molecule has 12 heavy (non-hydrogen) atoms. The molecule has 0 N–H and O–H groups in total. The second-order valence-electron chi connectivity index (χ2n) is 2.60. The molecule has 0 aliphatic heterocycles. The lowest BCUT2D eigenvalue weighted by Crippen LogP contribution is -1.95. The van der Waals surface area contributed by atoms with Crippen molar-refractivity contribution >= 4 is 0 Å². The van der Waals surface area contributed by atoms with E-state index in [1.165, 1.54) is 0 Å². The van der Waals surface area contributed by atoms with Gasteiger partial charge in [0.1, 0.15) is 12.4 Å². The number of rotatable bonds is 2.